The summed E-state index contributed by atoms with van der Waals surface area (Å²) in [6, 6.07) is 12.8. The van der Waals surface area contributed by atoms with Crippen LogP contribution >= 0.6 is 23.2 Å². The predicted molar refractivity (Wildman–Crippen MR) is 85.8 cm³/mol. The zero-order chi connectivity index (χ0) is 15.1. The molecule has 1 N–H and O–H groups in total. The van der Waals surface area contributed by atoms with Crippen molar-refractivity contribution in [2.75, 3.05) is 6.61 Å². The number of aliphatic hydroxyl groups is 1. The van der Waals surface area contributed by atoms with Gasteiger partial charge in [0, 0.05) is 22.0 Å². The standard InChI is InChI=1S/C17H14Cl2O2/c18-15-8-9-16(19)14(11-15)12-21-17-7-2-1-5-13(17)6-3-4-10-20/h1-2,5,7-9,11,20H,4,10,12H2. The number of aliphatic hydroxyl groups excluding tert-OH is 1. The van der Waals surface area contributed by atoms with Crippen LogP contribution in [0.4, 0.5) is 0 Å². The normalized spacial score (nSPS) is 9.86. The molecular formula is C17H14Cl2O2. The minimum atomic E-state index is 0.0497. The molecule has 0 amide bonds. The van der Waals surface area contributed by atoms with Gasteiger partial charge in [-0.3, -0.25) is 0 Å². The summed E-state index contributed by atoms with van der Waals surface area (Å²) in [6.45, 7) is 0.367. The number of benzene rings is 2. The van der Waals surface area contributed by atoms with E-state index in [-0.39, 0.29) is 6.61 Å². The second-order valence-electron chi connectivity index (χ2n) is 4.30. The Bertz CT molecular complexity index is 672. The van der Waals surface area contributed by atoms with E-state index in [1.165, 1.54) is 0 Å². The van der Waals surface area contributed by atoms with Crippen LogP contribution in [0.25, 0.3) is 0 Å². The number of rotatable bonds is 4. The molecule has 2 nitrogen and oxygen atoms in total. The topological polar surface area (TPSA) is 29.5 Å². The summed E-state index contributed by atoms with van der Waals surface area (Å²) in [5, 5.41) is 9.99. The average molecular weight is 321 g/mol. The van der Waals surface area contributed by atoms with Crippen molar-refractivity contribution in [2.45, 2.75) is 13.0 Å². The first-order chi connectivity index (χ1) is 10.2. The van der Waals surface area contributed by atoms with Gasteiger partial charge in [0.2, 0.25) is 0 Å². The molecule has 0 aliphatic heterocycles. The smallest absolute Gasteiger partial charge is 0.135 e. The third kappa shape index (κ3) is 4.68. The zero-order valence-corrected chi connectivity index (χ0v) is 12.8. The predicted octanol–water partition coefficient (Wildman–Crippen LogP) is 4.31. The quantitative estimate of drug-likeness (QED) is 0.851. The van der Waals surface area contributed by atoms with Gasteiger partial charge < -0.3 is 9.84 Å². The van der Waals surface area contributed by atoms with Crippen LogP contribution in [0, 0.1) is 11.8 Å². The lowest BCUT2D eigenvalue weighted by atomic mass is 10.2. The molecule has 0 aromatic heterocycles. The molecule has 0 atom stereocenters. The number of hydrogen-bond donors (Lipinski definition) is 1. The molecule has 0 aliphatic rings. The monoisotopic (exact) mass is 320 g/mol. The Morgan fingerprint density at radius 3 is 2.71 bits per heavy atom. The lowest BCUT2D eigenvalue weighted by Gasteiger charge is -2.09. The molecule has 0 radical (unpaired) electrons. The first-order valence-electron chi connectivity index (χ1n) is 6.46. The molecule has 2 aromatic rings. The first-order valence-corrected chi connectivity index (χ1v) is 7.22. The Balaban J connectivity index is 2.13. The van der Waals surface area contributed by atoms with Gasteiger partial charge in [-0.1, -0.05) is 47.2 Å². The summed E-state index contributed by atoms with van der Waals surface area (Å²) in [5.74, 6) is 6.55. The fourth-order valence-electron chi connectivity index (χ4n) is 1.72. The number of ether oxygens (including phenoxy) is 1. The van der Waals surface area contributed by atoms with Gasteiger partial charge in [0.25, 0.3) is 0 Å². The first kappa shape index (κ1) is 15.7. The zero-order valence-electron chi connectivity index (χ0n) is 11.3. The van der Waals surface area contributed by atoms with Crippen molar-refractivity contribution in [3.05, 3.63) is 63.6 Å². The van der Waals surface area contributed by atoms with E-state index in [1.54, 1.807) is 18.2 Å². The lowest BCUT2D eigenvalue weighted by molar-refractivity contribution is 0.304. The highest BCUT2D eigenvalue weighted by Crippen LogP contribution is 2.24. The summed E-state index contributed by atoms with van der Waals surface area (Å²) in [4.78, 5) is 0. The van der Waals surface area contributed by atoms with E-state index < -0.39 is 0 Å². The Kier molecular flexibility index (Phi) is 5.95. The van der Waals surface area contributed by atoms with Crippen molar-refractivity contribution < 1.29 is 9.84 Å². The average Bonchev–Trinajstić information content (AvgIpc) is 2.49. The molecule has 2 rings (SSSR count). The van der Waals surface area contributed by atoms with Gasteiger partial charge in [-0.15, -0.1) is 0 Å². The lowest BCUT2D eigenvalue weighted by Crippen LogP contribution is -1.98. The van der Waals surface area contributed by atoms with E-state index in [1.807, 2.05) is 24.3 Å². The molecule has 21 heavy (non-hydrogen) atoms. The maximum atomic E-state index is 8.76. The van der Waals surface area contributed by atoms with E-state index in [9.17, 15) is 0 Å². The largest absolute Gasteiger partial charge is 0.488 e. The maximum absolute atomic E-state index is 8.76. The van der Waals surface area contributed by atoms with Gasteiger partial charge in [0.15, 0.2) is 0 Å². The molecule has 0 bridgehead atoms. The summed E-state index contributed by atoms with van der Waals surface area (Å²) >= 11 is 12.1. The number of hydrogen-bond acceptors (Lipinski definition) is 2. The molecule has 0 aliphatic carbocycles. The van der Waals surface area contributed by atoms with Gasteiger partial charge in [-0.05, 0) is 30.3 Å². The fraction of sp³-hybridized carbons (Fsp3) is 0.176. The minimum Gasteiger partial charge on any atom is -0.488 e. The van der Waals surface area contributed by atoms with Crippen molar-refractivity contribution >= 4 is 23.2 Å². The highest BCUT2D eigenvalue weighted by atomic mass is 35.5. The van der Waals surface area contributed by atoms with Crippen LogP contribution in [0.15, 0.2) is 42.5 Å². The van der Waals surface area contributed by atoms with Crippen molar-refractivity contribution in [3.8, 4) is 17.6 Å². The van der Waals surface area contributed by atoms with Crippen LogP contribution in [-0.2, 0) is 6.61 Å². The van der Waals surface area contributed by atoms with Crippen molar-refractivity contribution in [1.29, 1.82) is 0 Å². The summed E-state index contributed by atoms with van der Waals surface area (Å²) in [7, 11) is 0. The van der Waals surface area contributed by atoms with E-state index in [0.29, 0.717) is 28.8 Å². The van der Waals surface area contributed by atoms with Crippen LogP contribution < -0.4 is 4.74 Å². The van der Waals surface area contributed by atoms with E-state index >= 15 is 0 Å². The second kappa shape index (κ2) is 7.95. The van der Waals surface area contributed by atoms with E-state index in [0.717, 1.165) is 11.1 Å². The molecule has 108 valence electrons. The molecule has 0 fully saturated rings. The molecular weight excluding hydrogens is 307 g/mol. The summed E-state index contributed by atoms with van der Waals surface area (Å²) in [5.41, 5.74) is 1.60. The Hall–Kier alpha value is -1.66. The molecule has 0 saturated heterocycles. The van der Waals surface area contributed by atoms with Crippen LogP contribution in [0.3, 0.4) is 0 Å². The van der Waals surface area contributed by atoms with Crippen LogP contribution in [0.5, 0.6) is 5.75 Å². The highest BCUT2D eigenvalue weighted by molar-refractivity contribution is 6.33. The Morgan fingerprint density at radius 2 is 1.90 bits per heavy atom. The van der Waals surface area contributed by atoms with Crippen LogP contribution in [0.1, 0.15) is 17.5 Å². The summed E-state index contributed by atoms with van der Waals surface area (Å²) < 4.78 is 5.78. The highest BCUT2D eigenvalue weighted by Gasteiger charge is 2.05. The minimum absolute atomic E-state index is 0.0497. The van der Waals surface area contributed by atoms with Gasteiger partial charge >= 0.3 is 0 Å². The maximum Gasteiger partial charge on any atom is 0.135 e. The van der Waals surface area contributed by atoms with Crippen molar-refractivity contribution in [2.24, 2.45) is 0 Å². The number of halogens is 2. The second-order valence-corrected chi connectivity index (χ2v) is 5.14. The molecule has 2 aromatic carbocycles. The van der Waals surface area contributed by atoms with E-state index in [2.05, 4.69) is 11.8 Å². The Labute approximate surface area is 134 Å². The van der Waals surface area contributed by atoms with Gasteiger partial charge in [0.1, 0.15) is 12.4 Å². The molecule has 0 spiro atoms. The third-order valence-electron chi connectivity index (χ3n) is 2.74. The molecule has 0 saturated carbocycles. The van der Waals surface area contributed by atoms with Gasteiger partial charge in [-0.2, -0.15) is 0 Å². The van der Waals surface area contributed by atoms with Crippen molar-refractivity contribution in [1.82, 2.24) is 0 Å². The van der Waals surface area contributed by atoms with Gasteiger partial charge in [0.05, 0.1) is 12.2 Å². The molecule has 0 unspecified atom stereocenters. The molecule has 0 heterocycles. The fourth-order valence-corrected chi connectivity index (χ4v) is 2.09. The number of para-hydroxylation sites is 1. The van der Waals surface area contributed by atoms with Crippen LogP contribution in [-0.4, -0.2) is 11.7 Å². The SMILES string of the molecule is OCCC#Cc1ccccc1OCc1cc(Cl)ccc1Cl. The molecule has 4 heteroatoms. The third-order valence-corrected chi connectivity index (χ3v) is 3.34. The van der Waals surface area contributed by atoms with Crippen LogP contribution in [0.2, 0.25) is 10.0 Å². The summed E-state index contributed by atoms with van der Waals surface area (Å²) in [6.07, 6.45) is 0.439. The van der Waals surface area contributed by atoms with E-state index in [4.69, 9.17) is 33.0 Å². The van der Waals surface area contributed by atoms with Crippen molar-refractivity contribution in [3.63, 3.8) is 0 Å². The van der Waals surface area contributed by atoms with Gasteiger partial charge in [-0.25, -0.2) is 0 Å². The Morgan fingerprint density at radius 1 is 1.10 bits per heavy atom.